The number of hydrogen-bond donors (Lipinski definition) is 1. The summed E-state index contributed by atoms with van der Waals surface area (Å²) < 4.78 is 46.7. The number of esters is 1. The number of halogens is 4. The smallest absolute Gasteiger partial charge is 0.430 e. The number of aliphatic hydroxyl groups is 1. The lowest BCUT2D eigenvalue weighted by Gasteiger charge is -2.42. The molecule has 3 aliphatic rings. The Bertz CT molecular complexity index is 1340. The zero-order valence-corrected chi connectivity index (χ0v) is 24.6. The standard InChI is InChI=1S/C31H35ClF3N3O5/c1-43-28(40)22-18-38(19-22)27(39)25-8-7-24(17-26(25)32)36-13-9-20(10-14-36)21-11-15-37(16-12-21)29(41)30(42,31(33,34)35)23-5-3-2-4-6-23/h2-8,17,20-22,42H,9-16,18-19H2,1H3. The van der Waals surface area contributed by atoms with Gasteiger partial charge >= 0.3 is 12.1 Å². The Morgan fingerprint density at radius 3 is 2.00 bits per heavy atom. The molecule has 8 nitrogen and oxygen atoms in total. The quantitative estimate of drug-likeness (QED) is 0.478. The number of carbonyl (C=O) groups is 3. The molecule has 0 saturated carbocycles. The van der Waals surface area contributed by atoms with E-state index in [-0.39, 0.29) is 36.8 Å². The van der Waals surface area contributed by atoms with Crippen LogP contribution in [0.15, 0.2) is 48.5 Å². The van der Waals surface area contributed by atoms with Crippen molar-refractivity contribution in [3.63, 3.8) is 0 Å². The molecule has 2 aromatic rings. The van der Waals surface area contributed by atoms with Crippen LogP contribution in [0.5, 0.6) is 0 Å². The monoisotopic (exact) mass is 621 g/mol. The number of alkyl halides is 3. The van der Waals surface area contributed by atoms with Gasteiger partial charge in [-0.1, -0.05) is 41.9 Å². The maximum absolute atomic E-state index is 14.0. The van der Waals surface area contributed by atoms with Crippen LogP contribution in [0, 0.1) is 17.8 Å². The average molecular weight is 622 g/mol. The van der Waals surface area contributed by atoms with Crippen molar-refractivity contribution < 1.29 is 37.4 Å². The molecule has 2 aromatic carbocycles. The summed E-state index contributed by atoms with van der Waals surface area (Å²) in [5.74, 6) is -1.54. The van der Waals surface area contributed by atoms with Crippen LogP contribution in [0.1, 0.15) is 41.6 Å². The molecule has 1 N–H and O–H groups in total. The lowest BCUT2D eigenvalue weighted by atomic mass is 9.78. The number of rotatable bonds is 6. The van der Waals surface area contributed by atoms with E-state index >= 15 is 0 Å². The van der Waals surface area contributed by atoms with Crippen molar-refractivity contribution in [2.24, 2.45) is 17.8 Å². The van der Waals surface area contributed by atoms with Gasteiger partial charge in [-0.3, -0.25) is 14.4 Å². The van der Waals surface area contributed by atoms with Crippen LogP contribution in [-0.2, 0) is 19.9 Å². The van der Waals surface area contributed by atoms with Crippen LogP contribution in [0.4, 0.5) is 18.9 Å². The fourth-order valence-corrected chi connectivity index (χ4v) is 6.78. The van der Waals surface area contributed by atoms with Crippen molar-refractivity contribution >= 4 is 35.1 Å². The average Bonchev–Trinajstić information content (AvgIpc) is 2.99. The van der Waals surface area contributed by atoms with Gasteiger partial charge in [0.25, 0.3) is 17.4 Å². The molecule has 0 aliphatic carbocycles. The maximum atomic E-state index is 14.0. The van der Waals surface area contributed by atoms with E-state index in [1.807, 2.05) is 6.07 Å². The molecule has 0 bridgehead atoms. The number of methoxy groups -OCH3 is 1. The second-order valence-corrected chi connectivity index (χ2v) is 12.0. The first-order valence-corrected chi connectivity index (χ1v) is 14.9. The summed E-state index contributed by atoms with van der Waals surface area (Å²) in [4.78, 5) is 42.4. The minimum Gasteiger partial charge on any atom is -0.469 e. The van der Waals surface area contributed by atoms with E-state index in [1.165, 1.54) is 25.3 Å². The van der Waals surface area contributed by atoms with E-state index in [0.29, 0.717) is 42.4 Å². The number of ether oxygens (including phenoxy) is 1. The molecule has 3 fully saturated rings. The van der Waals surface area contributed by atoms with Crippen LogP contribution in [0.2, 0.25) is 5.02 Å². The molecular formula is C31H35ClF3N3O5. The van der Waals surface area contributed by atoms with E-state index < -0.39 is 23.2 Å². The molecule has 43 heavy (non-hydrogen) atoms. The first kappa shape index (κ1) is 31.1. The van der Waals surface area contributed by atoms with E-state index in [2.05, 4.69) is 4.90 Å². The number of amides is 2. The highest BCUT2D eigenvalue weighted by atomic mass is 35.5. The molecule has 1 unspecified atom stereocenters. The molecule has 12 heteroatoms. The van der Waals surface area contributed by atoms with Gasteiger partial charge in [0.05, 0.1) is 23.6 Å². The third-order valence-electron chi connectivity index (χ3n) is 9.20. The fourth-order valence-electron chi connectivity index (χ4n) is 6.52. The van der Waals surface area contributed by atoms with Crippen molar-refractivity contribution in [1.82, 2.24) is 9.80 Å². The summed E-state index contributed by atoms with van der Waals surface area (Å²) in [6, 6.07) is 11.9. The Balaban J connectivity index is 1.13. The molecule has 5 rings (SSSR count). The predicted molar refractivity (Wildman–Crippen MR) is 153 cm³/mol. The Hall–Kier alpha value is -3.31. The highest BCUT2D eigenvalue weighted by Crippen LogP contribution is 2.42. The van der Waals surface area contributed by atoms with Crippen molar-refractivity contribution in [2.45, 2.75) is 37.5 Å². The van der Waals surface area contributed by atoms with E-state index in [1.54, 1.807) is 17.0 Å². The van der Waals surface area contributed by atoms with Crippen LogP contribution in [0.3, 0.4) is 0 Å². The lowest BCUT2D eigenvalue weighted by Crippen LogP contribution is -2.57. The summed E-state index contributed by atoms with van der Waals surface area (Å²) >= 11 is 6.50. The lowest BCUT2D eigenvalue weighted by molar-refractivity contribution is -0.262. The van der Waals surface area contributed by atoms with Gasteiger partial charge < -0.3 is 24.5 Å². The van der Waals surface area contributed by atoms with E-state index in [4.69, 9.17) is 16.3 Å². The number of piperidine rings is 2. The largest absolute Gasteiger partial charge is 0.469 e. The van der Waals surface area contributed by atoms with Gasteiger partial charge in [-0.15, -0.1) is 0 Å². The first-order chi connectivity index (χ1) is 20.4. The first-order valence-electron chi connectivity index (χ1n) is 14.5. The van der Waals surface area contributed by atoms with Crippen molar-refractivity contribution in [3.8, 4) is 0 Å². The second kappa shape index (κ2) is 12.4. The molecule has 3 aliphatic heterocycles. The number of hydrogen-bond acceptors (Lipinski definition) is 6. The predicted octanol–water partition coefficient (Wildman–Crippen LogP) is 4.49. The highest BCUT2D eigenvalue weighted by molar-refractivity contribution is 6.34. The van der Waals surface area contributed by atoms with Crippen LogP contribution < -0.4 is 4.90 Å². The summed E-state index contributed by atoms with van der Waals surface area (Å²) in [7, 11) is 1.33. The number of likely N-dealkylation sites (tertiary alicyclic amines) is 2. The topological polar surface area (TPSA) is 90.4 Å². The molecule has 0 radical (unpaired) electrons. The minimum atomic E-state index is -5.15. The summed E-state index contributed by atoms with van der Waals surface area (Å²) in [5.41, 5.74) is -2.76. The van der Waals surface area contributed by atoms with Crippen molar-refractivity contribution in [3.05, 3.63) is 64.7 Å². The molecule has 1 atom stereocenters. The SMILES string of the molecule is COC(=O)C1CN(C(=O)c2ccc(N3CCC(C4CCN(C(=O)C(O)(c5ccccc5)C(F)(F)F)CC4)CC3)cc2Cl)C1. The maximum Gasteiger partial charge on any atom is 0.430 e. The Kier molecular flexibility index (Phi) is 8.94. The Labute approximate surface area is 253 Å². The summed E-state index contributed by atoms with van der Waals surface area (Å²) in [6.45, 7) is 2.47. The Morgan fingerprint density at radius 1 is 0.884 bits per heavy atom. The minimum absolute atomic E-state index is 0.164. The third-order valence-corrected chi connectivity index (χ3v) is 9.51. The van der Waals surface area contributed by atoms with E-state index in [0.717, 1.165) is 48.7 Å². The van der Waals surface area contributed by atoms with Crippen LogP contribution in [-0.4, -0.2) is 85.2 Å². The van der Waals surface area contributed by atoms with Gasteiger partial charge in [0.1, 0.15) is 0 Å². The molecule has 0 aromatic heterocycles. The molecule has 0 spiro atoms. The fraction of sp³-hybridized carbons (Fsp3) is 0.516. The number of anilines is 1. The molecule has 3 heterocycles. The third kappa shape index (κ3) is 6.06. The molecular weight excluding hydrogens is 587 g/mol. The molecule has 2 amide bonds. The highest BCUT2D eigenvalue weighted by Gasteiger charge is 2.62. The normalized spacial score (nSPS) is 20.4. The Morgan fingerprint density at radius 2 is 1.47 bits per heavy atom. The zero-order chi connectivity index (χ0) is 30.9. The second-order valence-electron chi connectivity index (χ2n) is 11.6. The number of benzene rings is 2. The number of carbonyl (C=O) groups excluding carboxylic acids is 3. The van der Waals surface area contributed by atoms with Crippen molar-refractivity contribution in [2.75, 3.05) is 51.3 Å². The van der Waals surface area contributed by atoms with Crippen LogP contribution >= 0.6 is 11.6 Å². The van der Waals surface area contributed by atoms with E-state index in [9.17, 15) is 32.7 Å². The molecule has 232 valence electrons. The summed E-state index contributed by atoms with van der Waals surface area (Å²) in [5, 5.41) is 11.0. The van der Waals surface area contributed by atoms with Gasteiger partial charge in [0.15, 0.2) is 0 Å². The van der Waals surface area contributed by atoms with Gasteiger partial charge in [0, 0.05) is 50.5 Å². The van der Waals surface area contributed by atoms with Crippen molar-refractivity contribution in [1.29, 1.82) is 0 Å². The number of nitrogens with zero attached hydrogens (tertiary/aromatic N) is 3. The van der Waals surface area contributed by atoms with Gasteiger partial charge in [0.2, 0.25) is 0 Å². The van der Waals surface area contributed by atoms with Gasteiger partial charge in [-0.2, -0.15) is 13.2 Å². The molecule has 3 saturated heterocycles. The van der Waals surface area contributed by atoms with Gasteiger partial charge in [-0.25, -0.2) is 0 Å². The summed E-state index contributed by atoms with van der Waals surface area (Å²) in [6.07, 6.45) is -2.22. The zero-order valence-electron chi connectivity index (χ0n) is 23.9. The van der Waals surface area contributed by atoms with Crippen LogP contribution in [0.25, 0.3) is 0 Å². The van der Waals surface area contributed by atoms with Gasteiger partial charge in [-0.05, 0) is 55.7 Å².